The third-order valence-corrected chi connectivity index (χ3v) is 4.19. The van der Waals surface area contributed by atoms with E-state index in [2.05, 4.69) is 4.74 Å². The molecule has 2 rings (SSSR count). The van der Waals surface area contributed by atoms with Crippen LogP contribution in [0.5, 0.6) is 0 Å². The van der Waals surface area contributed by atoms with Gasteiger partial charge in [0.2, 0.25) is 0 Å². The van der Waals surface area contributed by atoms with Gasteiger partial charge in [0.1, 0.15) is 0 Å². The maximum atomic E-state index is 13.1. The average molecular weight is 401 g/mol. The van der Waals surface area contributed by atoms with E-state index >= 15 is 0 Å². The van der Waals surface area contributed by atoms with Gasteiger partial charge in [-0.2, -0.15) is 13.2 Å². The molecule has 0 fully saturated rings. The second-order valence-electron chi connectivity index (χ2n) is 4.91. The van der Waals surface area contributed by atoms with Gasteiger partial charge in [-0.1, -0.05) is 22.6 Å². The number of carbonyl (C=O) groups is 1. The van der Waals surface area contributed by atoms with Crippen LogP contribution in [0.2, 0.25) is 0 Å². The maximum absolute atomic E-state index is 13.1. The molecule has 0 bridgehead atoms. The summed E-state index contributed by atoms with van der Waals surface area (Å²) in [6.45, 7) is 2.17. The number of carbonyl (C=O) groups excluding carboxylic acids is 1. The highest BCUT2D eigenvalue weighted by Gasteiger charge is 2.39. The first-order valence-electron chi connectivity index (χ1n) is 6.27. The van der Waals surface area contributed by atoms with E-state index in [1.54, 1.807) is 11.5 Å². The number of aromatic nitrogens is 1. The van der Waals surface area contributed by atoms with Crippen LogP contribution >= 0.6 is 22.6 Å². The zero-order chi connectivity index (χ0) is 15.1. The molecule has 1 aromatic rings. The lowest BCUT2D eigenvalue weighted by Gasteiger charge is -2.25. The van der Waals surface area contributed by atoms with Gasteiger partial charge in [0, 0.05) is 28.3 Å². The van der Waals surface area contributed by atoms with Gasteiger partial charge in [-0.15, -0.1) is 0 Å². The Balaban J connectivity index is 2.43. The number of halogens is 4. The molecule has 0 N–H and O–H groups in total. The number of nitrogens with zero attached hydrogens (tertiary/aromatic N) is 1. The fourth-order valence-electron chi connectivity index (χ4n) is 2.72. The number of fused-ring (bicyclic) bond motifs is 1. The summed E-state index contributed by atoms with van der Waals surface area (Å²) in [5.74, 6) is -0.698. The molecule has 112 valence electrons. The lowest BCUT2D eigenvalue weighted by molar-refractivity contribution is -0.146. The summed E-state index contributed by atoms with van der Waals surface area (Å²) >= 11 is 1.99. The fourth-order valence-corrected chi connectivity index (χ4v) is 3.39. The third kappa shape index (κ3) is 2.82. The Hall–Kier alpha value is -0.730. The highest BCUT2D eigenvalue weighted by Crippen LogP contribution is 2.41. The van der Waals surface area contributed by atoms with E-state index in [9.17, 15) is 18.0 Å². The Bertz CT molecular complexity index is 522. The molecule has 0 spiro atoms. The predicted molar refractivity (Wildman–Crippen MR) is 75.7 cm³/mol. The van der Waals surface area contributed by atoms with Crippen LogP contribution in [-0.2, 0) is 28.7 Å². The van der Waals surface area contributed by atoms with Gasteiger partial charge < -0.3 is 9.30 Å². The number of esters is 1. The SMILES string of the molecule is COC(=O)C1CCn2c(cc(C(F)(F)F)c2C(C)I)C1. The second kappa shape index (κ2) is 5.57. The number of hydrogen-bond acceptors (Lipinski definition) is 2. The smallest absolute Gasteiger partial charge is 0.418 e. The molecule has 7 heteroatoms. The molecule has 0 aromatic carbocycles. The first-order valence-corrected chi connectivity index (χ1v) is 7.51. The molecule has 2 unspecified atom stereocenters. The van der Waals surface area contributed by atoms with E-state index in [0.29, 0.717) is 30.8 Å². The molecule has 2 atom stereocenters. The number of ether oxygens (including phenoxy) is 1. The van der Waals surface area contributed by atoms with Gasteiger partial charge in [0.05, 0.1) is 18.6 Å². The summed E-state index contributed by atoms with van der Waals surface area (Å²) in [5.41, 5.74) is 0.286. The van der Waals surface area contributed by atoms with Crippen LogP contribution in [0.1, 0.15) is 34.2 Å². The van der Waals surface area contributed by atoms with Crippen molar-refractivity contribution in [1.82, 2.24) is 4.57 Å². The Morgan fingerprint density at radius 2 is 2.20 bits per heavy atom. The predicted octanol–water partition coefficient (Wildman–Crippen LogP) is 3.74. The first kappa shape index (κ1) is 15.7. The van der Waals surface area contributed by atoms with Crippen molar-refractivity contribution in [3.63, 3.8) is 0 Å². The molecule has 0 saturated carbocycles. The molecular formula is C13H15F3INO2. The number of hydrogen-bond donors (Lipinski definition) is 0. The van der Waals surface area contributed by atoms with Gasteiger partial charge >= 0.3 is 12.1 Å². The molecule has 1 aromatic heterocycles. The van der Waals surface area contributed by atoms with Gasteiger partial charge in [-0.05, 0) is 19.4 Å². The van der Waals surface area contributed by atoms with E-state index < -0.39 is 11.7 Å². The summed E-state index contributed by atoms with van der Waals surface area (Å²) < 4.78 is 45.5. The number of rotatable bonds is 2. The zero-order valence-corrected chi connectivity index (χ0v) is 13.3. The minimum Gasteiger partial charge on any atom is -0.469 e. The zero-order valence-electron chi connectivity index (χ0n) is 11.1. The van der Waals surface area contributed by atoms with Crippen LogP contribution in [0, 0.1) is 5.92 Å². The van der Waals surface area contributed by atoms with Crippen LogP contribution in [0.15, 0.2) is 6.07 Å². The molecule has 0 aliphatic carbocycles. The van der Waals surface area contributed by atoms with Crippen molar-refractivity contribution in [1.29, 1.82) is 0 Å². The Kier molecular flexibility index (Phi) is 4.36. The van der Waals surface area contributed by atoms with E-state index in [1.807, 2.05) is 22.6 Å². The Morgan fingerprint density at radius 3 is 2.70 bits per heavy atom. The van der Waals surface area contributed by atoms with Crippen molar-refractivity contribution in [2.45, 2.75) is 36.4 Å². The van der Waals surface area contributed by atoms with E-state index in [4.69, 9.17) is 0 Å². The van der Waals surface area contributed by atoms with Crippen LogP contribution in [-0.4, -0.2) is 17.6 Å². The third-order valence-electron chi connectivity index (χ3n) is 3.60. The molecule has 0 saturated heterocycles. The van der Waals surface area contributed by atoms with Gasteiger partial charge in [0.25, 0.3) is 0 Å². The fraction of sp³-hybridized carbons (Fsp3) is 0.615. The highest BCUT2D eigenvalue weighted by molar-refractivity contribution is 14.1. The summed E-state index contributed by atoms with van der Waals surface area (Å²) in [7, 11) is 1.30. The minimum atomic E-state index is -4.36. The maximum Gasteiger partial charge on any atom is 0.418 e. The van der Waals surface area contributed by atoms with Crippen molar-refractivity contribution in [3.05, 3.63) is 23.0 Å². The largest absolute Gasteiger partial charge is 0.469 e. The molecule has 0 radical (unpaired) electrons. The summed E-state index contributed by atoms with van der Waals surface area (Å²) in [4.78, 5) is 11.5. The second-order valence-corrected chi connectivity index (χ2v) is 6.78. The lowest BCUT2D eigenvalue weighted by atomic mass is 9.96. The molecule has 0 amide bonds. The van der Waals surface area contributed by atoms with E-state index in [-0.39, 0.29) is 15.8 Å². The molecule has 20 heavy (non-hydrogen) atoms. The summed E-state index contributed by atoms with van der Waals surface area (Å²) in [5, 5.41) is 0. The number of alkyl halides is 4. The van der Waals surface area contributed by atoms with E-state index in [0.717, 1.165) is 0 Å². The minimum absolute atomic E-state index is 0.243. The van der Waals surface area contributed by atoms with Crippen LogP contribution in [0.4, 0.5) is 13.2 Å². The monoisotopic (exact) mass is 401 g/mol. The number of methoxy groups -OCH3 is 1. The molecule has 3 nitrogen and oxygen atoms in total. The Labute approximate surface area is 128 Å². The standard InChI is InChI=1S/C13H15F3INO2/c1-7(17)11-10(13(14,15)16)6-9-5-8(12(19)20-2)3-4-18(9)11/h6-8H,3-5H2,1-2H3. The van der Waals surface area contributed by atoms with Crippen molar-refractivity contribution >= 4 is 28.6 Å². The lowest BCUT2D eigenvalue weighted by Crippen LogP contribution is -2.27. The molecule has 1 aliphatic heterocycles. The van der Waals surface area contributed by atoms with Crippen LogP contribution in [0.3, 0.4) is 0 Å². The van der Waals surface area contributed by atoms with Crippen molar-refractivity contribution in [2.24, 2.45) is 5.92 Å². The van der Waals surface area contributed by atoms with Crippen molar-refractivity contribution in [2.75, 3.05) is 7.11 Å². The van der Waals surface area contributed by atoms with Crippen LogP contribution < -0.4 is 0 Å². The van der Waals surface area contributed by atoms with E-state index in [1.165, 1.54) is 13.2 Å². The van der Waals surface area contributed by atoms with Gasteiger partial charge in [0.15, 0.2) is 0 Å². The van der Waals surface area contributed by atoms with Crippen molar-refractivity contribution < 1.29 is 22.7 Å². The molecule has 2 heterocycles. The molecule has 1 aliphatic rings. The van der Waals surface area contributed by atoms with Gasteiger partial charge in [-0.25, -0.2) is 0 Å². The first-order chi connectivity index (χ1) is 9.25. The normalized spacial score (nSPS) is 20.4. The summed E-state index contributed by atoms with van der Waals surface area (Å²) in [6.07, 6.45) is -3.54. The quantitative estimate of drug-likeness (QED) is 0.430. The van der Waals surface area contributed by atoms with Crippen LogP contribution in [0.25, 0.3) is 0 Å². The Morgan fingerprint density at radius 1 is 1.55 bits per heavy atom. The highest BCUT2D eigenvalue weighted by atomic mass is 127. The van der Waals surface area contributed by atoms with Gasteiger partial charge in [-0.3, -0.25) is 4.79 Å². The summed E-state index contributed by atoms with van der Waals surface area (Å²) in [6, 6.07) is 1.18. The average Bonchev–Trinajstić information content (AvgIpc) is 2.76. The topological polar surface area (TPSA) is 31.2 Å². The molecular weight excluding hydrogens is 386 g/mol. The van der Waals surface area contributed by atoms with Crippen molar-refractivity contribution in [3.8, 4) is 0 Å².